The Hall–Kier alpha value is -2.99. The average Bonchev–Trinajstić information content (AvgIpc) is 2.74. The van der Waals surface area contributed by atoms with E-state index < -0.39 is 0 Å². The minimum Gasteiger partial charge on any atom is -0.375 e. The maximum Gasteiger partial charge on any atom is 0.254 e. The van der Waals surface area contributed by atoms with Gasteiger partial charge in [-0.05, 0) is 31.5 Å². The van der Waals surface area contributed by atoms with E-state index in [-0.39, 0.29) is 30.1 Å². The highest BCUT2D eigenvalue weighted by Crippen LogP contribution is 2.16. The van der Waals surface area contributed by atoms with Crippen LogP contribution in [0, 0.1) is 0 Å². The van der Waals surface area contributed by atoms with Gasteiger partial charge in [-0.25, -0.2) is 0 Å². The van der Waals surface area contributed by atoms with Gasteiger partial charge in [-0.15, -0.1) is 0 Å². The molecule has 2 aromatic carbocycles. The van der Waals surface area contributed by atoms with Crippen molar-refractivity contribution in [1.82, 2.24) is 4.90 Å². The van der Waals surface area contributed by atoms with Crippen LogP contribution in [0.3, 0.4) is 0 Å². The Balaban J connectivity index is 1.50. The Kier molecular flexibility index (Phi) is 7.14. The largest absolute Gasteiger partial charge is 0.375 e. The van der Waals surface area contributed by atoms with Gasteiger partial charge in [0.15, 0.2) is 5.78 Å². The van der Waals surface area contributed by atoms with E-state index in [2.05, 4.69) is 5.32 Å². The molecular weight excluding hydrogens is 368 g/mol. The van der Waals surface area contributed by atoms with Crippen molar-refractivity contribution in [3.63, 3.8) is 0 Å². The van der Waals surface area contributed by atoms with Crippen LogP contribution < -0.4 is 5.32 Å². The number of anilines is 1. The molecule has 2 aromatic rings. The highest BCUT2D eigenvalue weighted by atomic mass is 16.5. The van der Waals surface area contributed by atoms with Gasteiger partial charge in [-0.1, -0.05) is 36.4 Å². The molecule has 0 spiro atoms. The number of morpholine rings is 1. The Morgan fingerprint density at radius 2 is 1.79 bits per heavy atom. The van der Waals surface area contributed by atoms with Crippen LogP contribution in [-0.4, -0.2) is 48.3 Å². The zero-order chi connectivity index (χ0) is 20.6. The number of ether oxygens (including phenoxy) is 1. The van der Waals surface area contributed by atoms with Gasteiger partial charge in [-0.2, -0.15) is 0 Å². The molecule has 3 rings (SSSR count). The molecule has 152 valence electrons. The molecule has 1 N–H and O–H groups in total. The Morgan fingerprint density at radius 1 is 1.03 bits per heavy atom. The number of nitrogens with one attached hydrogen (secondary N) is 1. The molecular formula is C23H26N2O4. The monoisotopic (exact) mass is 394 g/mol. The molecule has 1 atom stereocenters. The van der Waals surface area contributed by atoms with Crippen molar-refractivity contribution in [1.29, 1.82) is 0 Å². The lowest BCUT2D eigenvalue weighted by Crippen LogP contribution is -2.44. The first kappa shape index (κ1) is 20.7. The van der Waals surface area contributed by atoms with Crippen LogP contribution in [0.1, 0.15) is 46.9 Å². The fourth-order valence-corrected chi connectivity index (χ4v) is 3.32. The summed E-state index contributed by atoms with van der Waals surface area (Å²) in [4.78, 5) is 38.8. The van der Waals surface area contributed by atoms with Gasteiger partial charge in [0.25, 0.3) is 5.91 Å². The zero-order valence-corrected chi connectivity index (χ0v) is 16.6. The van der Waals surface area contributed by atoms with E-state index in [1.54, 1.807) is 41.3 Å². The van der Waals surface area contributed by atoms with Crippen molar-refractivity contribution in [3.8, 4) is 0 Å². The number of nitrogens with zero attached hydrogens (tertiary/aromatic N) is 1. The second-order valence-corrected chi connectivity index (χ2v) is 7.20. The zero-order valence-electron chi connectivity index (χ0n) is 16.6. The van der Waals surface area contributed by atoms with E-state index >= 15 is 0 Å². The molecule has 1 aliphatic rings. The predicted molar refractivity (Wildman–Crippen MR) is 111 cm³/mol. The molecule has 6 heteroatoms. The third-order valence-electron chi connectivity index (χ3n) is 4.83. The first-order valence-electron chi connectivity index (χ1n) is 9.92. The summed E-state index contributed by atoms with van der Waals surface area (Å²) in [6, 6.07) is 16.0. The van der Waals surface area contributed by atoms with Crippen LogP contribution in [0.2, 0.25) is 0 Å². The number of ketones is 1. The number of Topliss-reactive ketones (excluding diaryl/α,β-unsaturated/α-hetero) is 1. The Morgan fingerprint density at radius 3 is 2.55 bits per heavy atom. The lowest BCUT2D eigenvalue weighted by molar-refractivity contribution is -0.116. The van der Waals surface area contributed by atoms with Crippen molar-refractivity contribution in [2.24, 2.45) is 0 Å². The van der Waals surface area contributed by atoms with Crippen LogP contribution in [0.4, 0.5) is 5.69 Å². The fraction of sp³-hybridized carbons (Fsp3) is 0.348. The summed E-state index contributed by atoms with van der Waals surface area (Å²) in [6.07, 6.45) is 1.07. The van der Waals surface area contributed by atoms with E-state index in [0.29, 0.717) is 49.4 Å². The first-order valence-corrected chi connectivity index (χ1v) is 9.92. The van der Waals surface area contributed by atoms with Gasteiger partial charge in [0.1, 0.15) is 0 Å². The Labute approximate surface area is 170 Å². The maximum atomic E-state index is 12.7. The van der Waals surface area contributed by atoms with Crippen LogP contribution >= 0.6 is 0 Å². The molecule has 0 bridgehead atoms. The number of benzene rings is 2. The number of hydrogen-bond donors (Lipinski definition) is 1. The van der Waals surface area contributed by atoms with Gasteiger partial charge in [0.05, 0.1) is 12.7 Å². The fourth-order valence-electron chi connectivity index (χ4n) is 3.32. The third kappa shape index (κ3) is 5.99. The number of carbonyl (C=O) groups excluding carboxylic acids is 3. The van der Waals surface area contributed by atoms with Crippen molar-refractivity contribution in [2.45, 2.75) is 32.3 Å². The smallest absolute Gasteiger partial charge is 0.254 e. The van der Waals surface area contributed by atoms with Crippen LogP contribution in [-0.2, 0) is 9.53 Å². The lowest BCUT2D eigenvalue weighted by Gasteiger charge is -2.31. The summed E-state index contributed by atoms with van der Waals surface area (Å²) in [5.41, 5.74) is 1.78. The van der Waals surface area contributed by atoms with Gasteiger partial charge >= 0.3 is 0 Å². The highest BCUT2D eigenvalue weighted by molar-refractivity contribution is 5.98. The molecule has 2 amide bonds. The van der Waals surface area contributed by atoms with E-state index in [4.69, 9.17) is 4.74 Å². The van der Waals surface area contributed by atoms with Gasteiger partial charge < -0.3 is 15.0 Å². The lowest BCUT2D eigenvalue weighted by atomic mass is 10.1. The average molecular weight is 394 g/mol. The predicted octanol–water partition coefficient (Wildman–Crippen LogP) is 3.54. The van der Waals surface area contributed by atoms with Crippen molar-refractivity contribution in [3.05, 3.63) is 65.7 Å². The second-order valence-electron chi connectivity index (χ2n) is 7.20. The van der Waals surface area contributed by atoms with E-state index in [1.165, 1.54) is 0 Å². The molecule has 0 radical (unpaired) electrons. The summed E-state index contributed by atoms with van der Waals surface area (Å²) >= 11 is 0. The molecule has 1 heterocycles. The van der Waals surface area contributed by atoms with E-state index in [9.17, 15) is 14.4 Å². The van der Waals surface area contributed by atoms with Gasteiger partial charge in [0, 0.05) is 42.7 Å². The topological polar surface area (TPSA) is 75.7 Å². The molecule has 1 aliphatic heterocycles. The quantitative estimate of drug-likeness (QED) is 0.729. The summed E-state index contributed by atoms with van der Waals surface area (Å²) in [6.45, 7) is 3.60. The molecule has 0 aromatic heterocycles. The molecule has 0 aliphatic carbocycles. The summed E-state index contributed by atoms with van der Waals surface area (Å²) in [5, 5.41) is 2.82. The molecule has 29 heavy (non-hydrogen) atoms. The van der Waals surface area contributed by atoms with Crippen LogP contribution in [0.5, 0.6) is 0 Å². The number of carbonyl (C=O) groups is 3. The summed E-state index contributed by atoms with van der Waals surface area (Å²) in [5.74, 6) is -0.203. The second kappa shape index (κ2) is 9.98. The van der Waals surface area contributed by atoms with E-state index in [1.807, 2.05) is 25.1 Å². The van der Waals surface area contributed by atoms with Crippen molar-refractivity contribution < 1.29 is 19.1 Å². The number of hydrogen-bond acceptors (Lipinski definition) is 4. The first-order chi connectivity index (χ1) is 14.0. The molecule has 1 saturated heterocycles. The van der Waals surface area contributed by atoms with E-state index in [0.717, 1.165) is 0 Å². The number of amides is 2. The van der Waals surface area contributed by atoms with Crippen molar-refractivity contribution in [2.75, 3.05) is 25.0 Å². The summed E-state index contributed by atoms with van der Waals surface area (Å²) < 4.78 is 5.48. The standard InChI is InChI=1S/C23H26N2O4/c1-17-16-25(13-14-29-17)23(28)19-9-5-10-20(15-19)24-22(27)12-6-11-21(26)18-7-3-2-4-8-18/h2-5,7-10,15,17H,6,11-14,16H2,1H3,(H,24,27). The SMILES string of the molecule is CC1CN(C(=O)c2cccc(NC(=O)CCCC(=O)c3ccccc3)c2)CCO1. The number of rotatable bonds is 7. The summed E-state index contributed by atoms with van der Waals surface area (Å²) in [7, 11) is 0. The van der Waals surface area contributed by atoms with Gasteiger partial charge in [0.2, 0.25) is 5.91 Å². The molecule has 1 unspecified atom stereocenters. The highest BCUT2D eigenvalue weighted by Gasteiger charge is 2.22. The third-order valence-corrected chi connectivity index (χ3v) is 4.83. The Bertz CT molecular complexity index is 866. The minimum atomic E-state index is -0.171. The normalized spacial score (nSPS) is 16.3. The molecule has 6 nitrogen and oxygen atoms in total. The maximum absolute atomic E-state index is 12.7. The molecule has 1 fully saturated rings. The van der Waals surface area contributed by atoms with Gasteiger partial charge in [-0.3, -0.25) is 14.4 Å². The van der Waals surface area contributed by atoms with Crippen molar-refractivity contribution >= 4 is 23.3 Å². The van der Waals surface area contributed by atoms with Crippen LogP contribution in [0.25, 0.3) is 0 Å². The van der Waals surface area contributed by atoms with Crippen LogP contribution in [0.15, 0.2) is 54.6 Å². The molecule has 0 saturated carbocycles. The minimum absolute atomic E-state index is 0.0224.